The number of hydrogen-bond donors (Lipinski definition) is 0. The summed E-state index contributed by atoms with van der Waals surface area (Å²) < 4.78 is 10.6. The minimum atomic E-state index is -0.488. The number of ether oxygens (including phenoxy) is 2. The number of hydrogen-bond acceptors (Lipinski definition) is 4. The molecule has 5 heteroatoms. The molecule has 0 fully saturated rings. The van der Waals surface area contributed by atoms with E-state index in [0.29, 0.717) is 27.7 Å². The lowest BCUT2D eigenvalue weighted by atomic mass is 10.0. The number of rotatable bonds is 5. The van der Waals surface area contributed by atoms with E-state index in [1.807, 2.05) is 6.07 Å². The maximum Gasteiger partial charge on any atom is 0.343 e. The number of carbonyl (C=O) groups excluding carboxylic acids is 1. The first-order valence-electron chi connectivity index (χ1n) is 8.43. The van der Waals surface area contributed by atoms with Crippen molar-refractivity contribution in [3.8, 4) is 17.6 Å². The summed E-state index contributed by atoms with van der Waals surface area (Å²) in [5.41, 5.74) is 2.36. The van der Waals surface area contributed by atoms with Crippen LogP contribution >= 0.6 is 11.6 Å². The summed E-state index contributed by atoms with van der Waals surface area (Å²) in [6.45, 7) is 0. The molecule has 28 heavy (non-hydrogen) atoms. The van der Waals surface area contributed by atoms with E-state index in [2.05, 4.69) is 6.07 Å². The Labute approximate surface area is 168 Å². The molecule has 0 aliphatic rings. The highest BCUT2D eigenvalue weighted by atomic mass is 35.5. The minimum Gasteiger partial charge on any atom is -0.497 e. The number of benzene rings is 3. The molecular formula is C23H16ClNO3. The van der Waals surface area contributed by atoms with Crippen LogP contribution in [-0.4, -0.2) is 13.1 Å². The third-order valence-electron chi connectivity index (χ3n) is 3.96. The fourth-order valence-corrected chi connectivity index (χ4v) is 2.69. The Hall–Kier alpha value is -3.55. The zero-order valence-electron chi connectivity index (χ0n) is 15.1. The predicted molar refractivity (Wildman–Crippen MR) is 109 cm³/mol. The number of nitriles is 1. The lowest BCUT2D eigenvalue weighted by Crippen LogP contribution is -2.08. The minimum absolute atomic E-state index is 0.384. The van der Waals surface area contributed by atoms with Crippen molar-refractivity contribution in [1.82, 2.24) is 0 Å². The van der Waals surface area contributed by atoms with Gasteiger partial charge in [-0.2, -0.15) is 5.26 Å². The Morgan fingerprint density at radius 3 is 2.39 bits per heavy atom. The van der Waals surface area contributed by atoms with Gasteiger partial charge < -0.3 is 9.47 Å². The lowest BCUT2D eigenvalue weighted by molar-refractivity contribution is 0.0734. The van der Waals surface area contributed by atoms with Crippen LogP contribution < -0.4 is 9.47 Å². The van der Waals surface area contributed by atoms with E-state index < -0.39 is 5.97 Å². The van der Waals surface area contributed by atoms with Gasteiger partial charge in [-0.3, -0.25) is 0 Å². The van der Waals surface area contributed by atoms with Gasteiger partial charge in [0.05, 0.1) is 24.3 Å². The molecule has 3 rings (SSSR count). The Bertz CT molecular complexity index is 1070. The molecule has 4 nitrogen and oxygen atoms in total. The summed E-state index contributed by atoms with van der Waals surface area (Å²) in [4.78, 5) is 12.4. The van der Waals surface area contributed by atoms with Crippen LogP contribution in [0.5, 0.6) is 11.5 Å². The number of carbonyl (C=O) groups is 1. The van der Waals surface area contributed by atoms with Gasteiger partial charge in [-0.15, -0.1) is 0 Å². The van der Waals surface area contributed by atoms with Crippen LogP contribution in [0.15, 0.2) is 72.8 Å². The van der Waals surface area contributed by atoms with Gasteiger partial charge in [-0.1, -0.05) is 41.9 Å². The summed E-state index contributed by atoms with van der Waals surface area (Å²) >= 11 is 5.90. The summed E-state index contributed by atoms with van der Waals surface area (Å²) in [5, 5.41) is 10.1. The fourth-order valence-electron chi connectivity index (χ4n) is 2.56. The molecule has 0 radical (unpaired) electrons. The summed E-state index contributed by atoms with van der Waals surface area (Å²) in [7, 11) is 1.54. The Kier molecular flexibility index (Phi) is 6.11. The molecule has 0 aliphatic heterocycles. The van der Waals surface area contributed by atoms with Crippen molar-refractivity contribution < 1.29 is 14.3 Å². The molecule has 0 saturated heterocycles. The first-order valence-corrected chi connectivity index (χ1v) is 8.81. The van der Waals surface area contributed by atoms with Gasteiger partial charge in [0.2, 0.25) is 0 Å². The number of allylic oxidation sites excluding steroid dienone is 1. The summed E-state index contributed by atoms with van der Waals surface area (Å²) in [6, 6.07) is 22.9. The van der Waals surface area contributed by atoms with E-state index in [1.54, 1.807) is 72.8 Å². The van der Waals surface area contributed by atoms with E-state index in [9.17, 15) is 10.1 Å². The molecule has 3 aromatic carbocycles. The average molecular weight is 390 g/mol. The van der Waals surface area contributed by atoms with E-state index in [-0.39, 0.29) is 0 Å². The average Bonchev–Trinajstić information content (AvgIpc) is 2.73. The molecule has 0 aliphatic carbocycles. The molecule has 0 saturated carbocycles. The van der Waals surface area contributed by atoms with Crippen molar-refractivity contribution in [1.29, 1.82) is 5.26 Å². The predicted octanol–water partition coefficient (Wildman–Crippen LogP) is 5.63. The summed E-state index contributed by atoms with van der Waals surface area (Å²) in [5.74, 6) is 0.473. The lowest BCUT2D eigenvalue weighted by Gasteiger charge is -2.07. The number of nitrogens with zero attached hydrogens (tertiary/aromatic N) is 1. The van der Waals surface area contributed by atoms with Crippen LogP contribution in [0.2, 0.25) is 5.02 Å². The SMILES string of the molecule is COc1cccc(C(=O)Oc2cccc(/C=C(/C#N)c3ccc(Cl)cc3)c2)c1. The molecule has 0 amide bonds. The number of methoxy groups -OCH3 is 1. The highest BCUT2D eigenvalue weighted by Gasteiger charge is 2.10. The van der Waals surface area contributed by atoms with Gasteiger partial charge in [0.15, 0.2) is 0 Å². The van der Waals surface area contributed by atoms with Crippen LogP contribution in [0.25, 0.3) is 11.6 Å². The van der Waals surface area contributed by atoms with E-state index >= 15 is 0 Å². The molecule has 0 N–H and O–H groups in total. The third kappa shape index (κ3) is 4.79. The Balaban J connectivity index is 1.82. The first-order chi connectivity index (χ1) is 13.6. The van der Waals surface area contributed by atoms with Gasteiger partial charge in [0.1, 0.15) is 11.5 Å². The molecule has 0 atom stereocenters. The maximum atomic E-state index is 12.4. The van der Waals surface area contributed by atoms with Crippen LogP contribution in [0, 0.1) is 11.3 Å². The normalized spacial score (nSPS) is 10.8. The molecule has 0 heterocycles. The second kappa shape index (κ2) is 8.90. The second-order valence-electron chi connectivity index (χ2n) is 5.87. The zero-order chi connectivity index (χ0) is 19.9. The quantitative estimate of drug-likeness (QED) is 0.245. The highest BCUT2D eigenvalue weighted by molar-refractivity contribution is 6.30. The third-order valence-corrected chi connectivity index (χ3v) is 4.21. The van der Waals surface area contributed by atoms with Crippen LogP contribution in [0.3, 0.4) is 0 Å². The molecule has 0 bridgehead atoms. The van der Waals surface area contributed by atoms with Crippen molar-refractivity contribution in [2.45, 2.75) is 0 Å². The van der Waals surface area contributed by atoms with Crippen molar-refractivity contribution >= 4 is 29.2 Å². The molecule has 0 spiro atoms. The monoisotopic (exact) mass is 389 g/mol. The zero-order valence-corrected chi connectivity index (χ0v) is 15.8. The molecule has 3 aromatic rings. The van der Waals surface area contributed by atoms with Crippen molar-refractivity contribution in [2.24, 2.45) is 0 Å². The molecule has 138 valence electrons. The van der Waals surface area contributed by atoms with Gasteiger partial charge in [-0.25, -0.2) is 4.79 Å². The van der Waals surface area contributed by atoms with Crippen LogP contribution in [0.1, 0.15) is 21.5 Å². The number of esters is 1. The topological polar surface area (TPSA) is 59.3 Å². The maximum absolute atomic E-state index is 12.4. The van der Waals surface area contributed by atoms with Gasteiger partial charge in [0.25, 0.3) is 0 Å². The number of halogens is 1. The van der Waals surface area contributed by atoms with Crippen molar-refractivity contribution in [3.05, 3.63) is 94.5 Å². The van der Waals surface area contributed by atoms with Gasteiger partial charge in [-0.05, 0) is 59.7 Å². The standard InChI is InChI=1S/C23H16ClNO3/c1-27-21-6-3-5-18(14-21)23(26)28-22-7-2-4-16(13-22)12-19(15-25)17-8-10-20(24)11-9-17/h2-14H,1H3/b19-12-. The van der Waals surface area contributed by atoms with Crippen LogP contribution in [0.4, 0.5) is 0 Å². The molecule has 0 unspecified atom stereocenters. The van der Waals surface area contributed by atoms with Crippen molar-refractivity contribution in [2.75, 3.05) is 7.11 Å². The highest BCUT2D eigenvalue weighted by Crippen LogP contribution is 2.23. The van der Waals surface area contributed by atoms with E-state index in [0.717, 1.165) is 11.1 Å². The van der Waals surface area contributed by atoms with Crippen LogP contribution in [-0.2, 0) is 0 Å². The summed E-state index contributed by atoms with van der Waals surface area (Å²) in [6.07, 6.45) is 1.73. The van der Waals surface area contributed by atoms with Crippen molar-refractivity contribution in [3.63, 3.8) is 0 Å². The molecule has 0 aromatic heterocycles. The van der Waals surface area contributed by atoms with E-state index in [4.69, 9.17) is 21.1 Å². The molecular weight excluding hydrogens is 374 g/mol. The van der Waals surface area contributed by atoms with E-state index in [1.165, 1.54) is 7.11 Å². The Morgan fingerprint density at radius 1 is 0.964 bits per heavy atom. The van der Waals surface area contributed by atoms with Gasteiger partial charge in [0, 0.05) is 5.02 Å². The second-order valence-corrected chi connectivity index (χ2v) is 6.31. The first kappa shape index (κ1) is 19.2. The Morgan fingerprint density at radius 2 is 1.68 bits per heavy atom. The fraction of sp³-hybridized carbons (Fsp3) is 0.0435. The smallest absolute Gasteiger partial charge is 0.343 e. The largest absolute Gasteiger partial charge is 0.497 e. The van der Waals surface area contributed by atoms with Gasteiger partial charge >= 0.3 is 5.97 Å².